The van der Waals surface area contributed by atoms with Gasteiger partial charge in [-0.25, -0.2) is 9.97 Å². The van der Waals surface area contributed by atoms with Crippen molar-refractivity contribution in [1.82, 2.24) is 19.9 Å². The molecule has 0 spiro atoms. The van der Waals surface area contributed by atoms with Crippen LogP contribution in [0.4, 0.5) is 9.52 Å². The summed E-state index contributed by atoms with van der Waals surface area (Å²) in [5.74, 6) is 0.449. The first-order valence-corrected chi connectivity index (χ1v) is 9.78. The zero-order valence-corrected chi connectivity index (χ0v) is 16.6. The van der Waals surface area contributed by atoms with Crippen LogP contribution in [0.3, 0.4) is 0 Å². The number of piperidine rings is 1. The van der Waals surface area contributed by atoms with Crippen LogP contribution >= 0.6 is 11.3 Å². The standard InChI is InChI=1S/C18H24FN5O2S/c1-11-16(19)17(26-3)23-15(21-11)7-13-5-4-6-24(9-13)10-14-8-20-18(27-14)22-12(2)25/h8,13H,4-7,9-10H2,1-3H3,(H,20,22,25)/t13-/m1/s1. The number of anilines is 1. The van der Waals surface area contributed by atoms with Crippen molar-refractivity contribution in [3.63, 3.8) is 0 Å². The molecule has 1 N–H and O–H groups in total. The van der Waals surface area contributed by atoms with Crippen LogP contribution in [0.1, 0.15) is 36.2 Å². The minimum absolute atomic E-state index is 0.0142. The van der Waals surface area contributed by atoms with E-state index in [-0.39, 0.29) is 11.8 Å². The molecule has 2 aromatic rings. The van der Waals surface area contributed by atoms with Crippen LogP contribution in [0.15, 0.2) is 6.20 Å². The Hall–Kier alpha value is -2.13. The zero-order valence-electron chi connectivity index (χ0n) is 15.8. The summed E-state index contributed by atoms with van der Waals surface area (Å²) in [7, 11) is 1.42. The summed E-state index contributed by atoms with van der Waals surface area (Å²) >= 11 is 1.50. The van der Waals surface area contributed by atoms with Gasteiger partial charge in [0, 0.05) is 37.5 Å². The molecule has 0 aromatic carbocycles. The average Bonchev–Trinajstić information content (AvgIpc) is 3.04. The lowest BCUT2D eigenvalue weighted by Crippen LogP contribution is -2.35. The van der Waals surface area contributed by atoms with E-state index in [2.05, 4.69) is 25.2 Å². The highest BCUT2D eigenvalue weighted by Crippen LogP contribution is 2.25. The smallest absolute Gasteiger partial charge is 0.253 e. The summed E-state index contributed by atoms with van der Waals surface area (Å²) in [5, 5.41) is 3.35. The number of hydrogen-bond acceptors (Lipinski definition) is 7. The second-order valence-electron chi connectivity index (χ2n) is 6.81. The van der Waals surface area contributed by atoms with E-state index in [0.29, 0.717) is 29.0 Å². The highest BCUT2D eigenvalue weighted by molar-refractivity contribution is 7.15. The van der Waals surface area contributed by atoms with Gasteiger partial charge < -0.3 is 10.1 Å². The van der Waals surface area contributed by atoms with E-state index in [1.165, 1.54) is 25.4 Å². The van der Waals surface area contributed by atoms with Gasteiger partial charge in [0.15, 0.2) is 5.13 Å². The fourth-order valence-electron chi connectivity index (χ4n) is 3.34. The van der Waals surface area contributed by atoms with Crippen molar-refractivity contribution in [3.8, 4) is 5.88 Å². The van der Waals surface area contributed by atoms with E-state index in [4.69, 9.17) is 4.74 Å². The molecule has 3 rings (SSSR count). The maximum absolute atomic E-state index is 13.9. The van der Waals surface area contributed by atoms with Gasteiger partial charge in [0.05, 0.1) is 12.8 Å². The molecule has 0 aliphatic carbocycles. The zero-order chi connectivity index (χ0) is 19.4. The summed E-state index contributed by atoms with van der Waals surface area (Å²) < 4.78 is 18.9. The molecule has 7 nitrogen and oxygen atoms in total. The fraction of sp³-hybridized carbons (Fsp3) is 0.556. The normalized spacial score (nSPS) is 17.7. The molecule has 2 aromatic heterocycles. The molecule has 1 saturated heterocycles. The van der Waals surface area contributed by atoms with Crippen molar-refractivity contribution in [3.05, 3.63) is 28.4 Å². The third-order valence-electron chi connectivity index (χ3n) is 4.52. The van der Waals surface area contributed by atoms with Crippen LogP contribution in [0, 0.1) is 18.7 Å². The molecule has 1 aliphatic heterocycles. The molecule has 1 atom stereocenters. The summed E-state index contributed by atoms with van der Waals surface area (Å²) in [6.07, 6.45) is 4.71. The molecule has 146 valence electrons. The minimum Gasteiger partial charge on any atom is -0.479 e. The Bertz CT molecular complexity index is 813. The minimum atomic E-state index is -0.494. The van der Waals surface area contributed by atoms with E-state index < -0.39 is 5.82 Å². The maximum Gasteiger partial charge on any atom is 0.253 e. The number of likely N-dealkylation sites (tertiary alicyclic amines) is 1. The Morgan fingerprint density at radius 2 is 2.30 bits per heavy atom. The van der Waals surface area contributed by atoms with Crippen LogP contribution in [0.5, 0.6) is 5.88 Å². The number of halogens is 1. The number of amides is 1. The number of thiazole rings is 1. The number of nitrogens with zero attached hydrogens (tertiary/aromatic N) is 4. The molecule has 0 radical (unpaired) electrons. The lowest BCUT2D eigenvalue weighted by Gasteiger charge is -2.32. The highest BCUT2D eigenvalue weighted by atomic mass is 32.1. The largest absolute Gasteiger partial charge is 0.479 e. The molecule has 1 aliphatic rings. The number of carbonyl (C=O) groups is 1. The van der Waals surface area contributed by atoms with Gasteiger partial charge in [-0.05, 0) is 32.2 Å². The Balaban J connectivity index is 1.60. The topological polar surface area (TPSA) is 80.2 Å². The SMILES string of the molecule is COc1nc(C[C@H]2CCCN(Cc3cnc(NC(C)=O)s3)C2)nc(C)c1F. The number of nitrogens with one attached hydrogen (secondary N) is 1. The average molecular weight is 393 g/mol. The molecule has 9 heteroatoms. The van der Waals surface area contributed by atoms with E-state index in [9.17, 15) is 9.18 Å². The van der Waals surface area contributed by atoms with Gasteiger partial charge in [-0.2, -0.15) is 9.37 Å². The van der Waals surface area contributed by atoms with Gasteiger partial charge in [0.2, 0.25) is 11.7 Å². The second-order valence-corrected chi connectivity index (χ2v) is 7.92. The molecule has 0 unspecified atom stereocenters. The summed E-state index contributed by atoms with van der Waals surface area (Å²) in [6.45, 7) is 5.86. The number of carbonyl (C=O) groups excluding carboxylic acids is 1. The molecule has 3 heterocycles. The number of ether oxygens (including phenoxy) is 1. The van der Waals surface area contributed by atoms with Crippen molar-refractivity contribution in [1.29, 1.82) is 0 Å². The third kappa shape index (κ3) is 5.20. The van der Waals surface area contributed by atoms with E-state index in [1.807, 2.05) is 6.20 Å². The van der Waals surface area contributed by atoms with Crippen LogP contribution in [-0.2, 0) is 17.8 Å². The fourth-order valence-corrected chi connectivity index (χ4v) is 4.25. The van der Waals surface area contributed by atoms with Crippen LogP contribution in [0.2, 0.25) is 0 Å². The summed E-state index contributed by atoms with van der Waals surface area (Å²) in [4.78, 5) is 27.4. The van der Waals surface area contributed by atoms with Gasteiger partial charge in [0.1, 0.15) is 5.82 Å². The number of aromatic nitrogens is 3. The first-order chi connectivity index (χ1) is 12.9. The van der Waals surface area contributed by atoms with Crippen molar-refractivity contribution in [2.45, 2.75) is 39.7 Å². The molecule has 1 amide bonds. The van der Waals surface area contributed by atoms with Crippen LogP contribution in [0.25, 0.3) is 0 Å². The first kappa shape index (κ1) is 19.6. The lowest BCUT2D eigenvalue weighted by molar-refractivity contribution is -0.114. The Kier molecular flexibility index (Phi) is 6.33. The van der Waals surface area contributed by atoms with E-state index in [1.54, 1.807) is 6.92 Å². The quantitative estimate of drug-likeness (QED) is 0.813. The summed E-state index contributed by atoms with van der Waals surface area (Å²) in [6, 6.07) is 0. The summed E-state index contributed by atoms with van der Waals surface area (Å²) in [5.41, 5.74) is 0.319. The van der Waals surface area contributed by atoms with E-state index in [0.717, 1.165) is 37.4 Å². The van der Waals surface area contributed by atoms with Gasteiger partial charge in [0.25, 0.3) is 5.88 Å². The predicted molar refractivity (Wildman–Crippen MR) is 101 cm³/mol. The van der Waals surface area contributed by atoms with Crippen molar-refractivity contribution < 1.29 is 13.9 Å². The molecule has 1 fully saturated rings. The molecule has 0 bridgehead atoms. The van der Waals surface area contributed by atoms with Crippen molar-refractivity contribution in [2.24, 2.45) is 5.92 Å². The highest BCUT2D eigenvalue weighted by Gasteiger charge is 2.23. The van der Waals surface area contributed by atoms with Crippen molar-refractivity contribution >= 4 is 22.4 Å². The Morgan fingerprint density at radius 1 is 1.48 bits per heavy atom. The van der Waals surface area contributed by atoms with Crippen molar-refractivity contribution in [2.75, 3.05) is 25.5 Å². The van der Waals surface area contributed by atoms with Gasteiger partial charge >= 0.3 is 0 Å². The third-order valence-corrected chi connectivity index (χ3v) is 5.41. The Labute approximate surface area is 162 Å². The molecule has 27 heavy (non-hydrogen) atoms. The second kappa shape index (κ2) is 8.71. The first-order valence-electron chi connectivity index (χ1n) is 8.96. The molecular formula is C18H24FN5O2S. The lowest BCUT2D eigenvalue weighted by atomic mass is 9.94. The number of rotatable bonds is 6. The van der Waals surface area contributed by atoms with Gasteiger partial charge in [-0.15, -0.1) is 11.3 Å². The maximum atomic E-state index is 13.9. The van der Waals surface area contributed by atoms with Crippen LogP contribution in [-0.4, -0.2) is 46.0 Å². The molecular weight excluding hydrogens is 369 g/mol. The number of hydrogen-bond donors (Lipinski definition) is 1. The molecule has 0 saturated carbocycles. The van der Waals surface area contributed by atoms with Gasteiger partial charge in [-0.3, -0.25) is 9.69 Å². The number of aryl methyl sites for hydroxylation is 1. The van der Waals surface area contributed by atoms with Gasteiger partial charge in [-0.1, -0.05) is 0 Å². The monoisotopic (exact) mass is 393 g/mol. The van der Waals surface area contributed by atoms with Crippen LogP contribution < -0.4 is 10.1 Å². The Morgan fingerprint density at radius 3 is 3.04 bits per heavy atom. The number of methoxy groups -OCH3 is 1. The van der Waals surface area contributed by atoms with E-state index >= 15 is 0 Å². The predicted octanol–water partition coefficient (Wildman–Crippen LogP) is 2.80.